The highest BCUT2D eigenvalue weighted by Crippen LogP contribution is 2.41. The van der Waals surface area contributed by atoms with Gasteiger partial charge in [-0.05, 0) is 69.6 Å². The minimum atomic E-state index is -4.13. The Hall–Kier alpha value is -3.16. The molecular formula is C26H35BN6O6S. The highest BCUT2D eigenvalue weighted by Gasteiger charge is 2.56. The molecule has 2 saturated heterocycles. The molecule has 0 amide bonds. The van der Waals surface area contributed by atoms with Gasteiger partial charge in [-0.1, -0.05) is 47.9 Å². The molecule has 2 atom stereocenters. The van der Waals surface area contributed by atoms with Gasteiger partial charge in [0.15, 0.2) is 5.54 Å². The van der Waals surface area contributed by atoms with Crippen molar-refractivity contribution in [3.63, 3.8) is 0 Å². The molecule has 2 aromatic rings. The van der Waals surface area contributed by atoms with Crippen LogP contribution in [0.5, 0.6) is 0 Å². The number of anilines is 1. The van der Waals surface area contributed by atoms with Gasteiger partial charge in [-0.15, -0.1) is 0 Å². The summed E-state index contributed by atoms with van der Waals surface area (Å²) in [6.07, 6.45) is 2.90. The second kappa shape index (κ2) is 11.8. The van der Waals surface area contributed by atoms with E-state index in [9.17, 15) is 18.7 Å². The van der Waals surface area contributed by atoms with Gasteiger partial charge in [0, 0.05) is 24.2 Å². The fraction of sp³-hybridized carbons (Fsp3) is 0.538. The van der Waals surface area contributed by atoms with Crippen molar-refractivity contribution in [2.75, 3.05) is 17.8 Å². The standard InChI is InChI=1S/C26H35BN6O6S/c1-24(2)25(3,4)39-27(38-24)15-10-13-21-17-33(40(35,36)30-22-14-8-9-16-29-22)19-26(21,31-32-28)23(34)37-18-20-11-6-5-7-12-20/h5-9,11-12,14,16,21H,10,13,15,17-19H2,1-4H3,(H,29,30)/t21-,26-/m0/s1. The number of rotatable bonds is 11. The largest absolute Gasteiger partial charge is 0.460 e. The lowest BCUT2D eigenvalue weighted by molar-refractivity contribution is -0.152. The highest BCUT2D eigenvalue weighted by molar-refractivity contribution is 7.90. The molecule has 0 aliphatic carbocycles. The Labute approximate surface area is 235 Å². The van der Waals surface area contributed by atoms with Crippen LogP contribution in [0.2, 0.25) is 6.32 Å². The summed E-state index contributed by atoms with van der Waals surface area (Å²) in [5.74, 6) is -1.28. The second-order valence-corrected chi connectivity index (χ2v) is 12.8. The van der Waals surface area contributed by atoms with E-state index >= 15 is 0 Å². The maximum atomic E-state index is 13.6. The van der Waals surface area contributed by atoms with Crippen molar-refractivity contribution >= 4 is 29.1 Å². The minimum absolute atomic E-state index is 0.0397. The average Bonchev–Trinajstić information content (AvgIpc) is 3.37. The first-order chi connectivity index (χ1) is 18.9. The summed E-state index contributed by atoms with van der Waals surface area (Å²) in [7, 11) is -4.58. The fourth-order valence-corrected chi connectivity index (χ4v) is 6.18. The summed E-state index contributed by atoms with van der Waals surface area (Å²) >= 11 is 0. The number of azide groups is 1. The predicted molar refractivity (Wildman–Crippen MR) is 150 cm³/mol. The first kappa shape index (κ1) is 29.8. The molecule has 2 aliphatic rings. The summed E-state index contributed by atoms with van der Waals surface area (Å²) in [4.78, 5) is 20.6. The van der Waals surface area contributed by atoms with E-state index < -0.39 is 46.0 Å². The molecule has 1 aromatic heterocycles. The summed E-state index contributed by atoms with van der Waals surface area (Å²) in [5, 5.41) is 3.91. The molecule has 0 radical (unpaired) electrons. The molecule has 0 bridgehead atoms. The molecule has 14 heteroatoms. The lowest BCUT2D eigenvalue weighted by atomic mass is 9.78. The number of carbonyl (C=O) groups is 1. The number of hydrogen-bond donors (Lipinski definition) is 1. The Balaban J connectivity index is 1.54. The molecule has 0 unspecified atom stereocenters. The lowest BCUT2D eigenvalue weighted by Gasteiger charge is -2.32. The molecule has 1 N–H and O–H groups in total. The maximum absolute atomic E-state index is 13.6. The Kier molecular flexibility index (Phi) is 8.76. The molecular weight excluding hydrogens is 535 g/mol. The van der Waals surface area contributed by atoms with Crippen LogP contribution < -0.4 is 4.72 Å². The van der Waals surface area contributed by atoms with Crippen LogP contribution in [-0.4, -0.2) is 60.6 Å². The predicted octanol–water partition coefficient (Wildman–Crippen LogP) is 4.34. The van der Waals surface area contributed by atoms with Crippen LogP contribution in [0.15, 0.2) is 59.8 Å². The van der Waals surface area contributed by atoms with E-state index in [1.807, 2.05) is 45.9 Å². The van der Waals surface area contributed by atoms with Gasteiger partial charge in [-0.2, -0.15) is 12.7 Å². The summed E-state index contributed by atoms with van der Waals surface area (Å²) in [5.41, 5.74) is 7.53. The molecule has 0 saturated carbocycles. The van der Waals surface area contributed by atoms with E-state index in [4.69, 9.17) is 14.0 Å². The Morgan fingerprint density at radius 1 is 1.18 bits per heavy atom. The fourth-order valence-electron chi connectivity index (χ4n) is 4.92. The van der Waals surface area contributed by atoms with E-state index in [-0.39, 0.29) is 25.5 Å². The number of benzene rings is 1. The number of esters is 1. The van der Waals surface area contributed by atoms with Crippen molar-refractivity contribution < 1.29 is 27.3 Å². The SMILES string of the molecule is CC1(C)OB(CCC[C@H]2CN(S(=O)(=O)Nc3ccccn3)C[C@@]2(N=[N+]=[N-])C(=O)OCc2ccccc2)OC1(C)C. The monoisotopic (exact) mass is 570 g/mol. The van der Waals surface area contributed by atoms with Crippen molar-refractivity contribution in [2.24, 2.45) is 11.0 Å². The van der Waals surface area contributed by atoms with E-state index in [0.29, 0.717) is 19.2 Å². The zero-order valence-electron chi connectivity index (χ0n) is 23.2. The minimum Gasteiger partial charge on any atom is -0.460 e. The van der Waals surface area contributed by atoms with E-state index in [1.54, 1.807) is 24.3 Å². The molecule has 3 heterocycles. The second-order valence-electron chi connectivity index (χ2n) is 11.1. The summed E-state index contributed by atoms with van der Waals surface area (Å²) in [6.45, 7) is 7.42. The van der Waals surface area contributed by atoms with Crippen molar-refractivity contribution in [3.05, 3.63) is 70.7 Å². The topological polar surface area (TPSA) is 156 Å². The normalized spacial score (nSPS) is 23.9. The number of ether oxygens (including phenoxy) is 1. The Morgan fingerprint density at radius 3 is 2.48 bits per heavy atom. The van der Waals surface area contributed by atoms with Crippen molar-refractivity contribution in [3.8, 4) is 0 Å². The van der Waals surface area contributed by atoms with Gasteiger partial charge >= 0.3 is 23.3 Å². The molecule has 1 aromatic carbocycles. The Morgan fingerprint density at radius 2 is 1.85 bits per heavy atom. The van der Waals surface area contributed by atoms with Gasteiger partial charge in [0.25, 0.3) is 0 Å². The van der Waals surface area contributed by atoms with Crippen molar-refractivity contribution in [2.45, 2.75) is 70.2 Å². The van der Waals surface area contributed by atoms with Crippen LogP contribution in [0.4, 0.5) is 5.82 Å². The number of nitrogens with one attached hydrogen (secondary N) is 1. The lowest BCUT2D eigenvalue weighted by Crippen LogP contribution is -2.46. The van der Waals surface area contributed by atoms with Gasteiger partial charge in [-0.3, -0.25) is 9.52 Å². The van der Waals surface area contributed by atoms with Crippen LogP contribution in [-0.2, 0) is 35.7 Å². The van der Waals surface area contributed by atoms with Crippen LogP contribution in [0, 0.1) is 5.92 Å². The zero-order valence-corrected chi connectivity index (χ0v) is 24.0. The summed E-state index contributed by atoms with van der Waals surface area (Å²) < 4.78 is 48.0. The van der Waals surface area contributed by atoms with Gasteiger partial charge in [0.1, 0.15) is 12.4 Å². The number of nitrogens with zero attached hydrogens (tertiary/aromatic N) is 5. The van der Waals surface area contributed by atoms with Crippen LogP contribution in [0.1, 0.15) is 46.1 Å². The van der Waals surface area contributed by atoms with E-state index in [0.717, 1.165) is 9.87 Å². The van der Waals surface area contributed by atoms with Crippen molar-refractivity contribution in [1.82, 2.24) is 9.29 Å². The van der Waals surface area contributed by atoms with Crippen LogP contribution >= 0.6 is 0 Å². The van der Waals surface area contributed by atoms with Gasteiger partial charge in [0.05, 0.1) is 11.2 Å². The quantitative estimate of drug-likeness (QED) is 0.139. The average molecular weight is 570 g/mol. The number of carbonyl (C=O) groups excluding carboxylic acids is 1. The molecule has 4 rings (SSSR count). The third-order valence-corrected chi connectivity index (χ3v) is 9.26. The number of hydrogen-bond acceptors (Lipinski definition) is 8. The molecule has 2 aliphatic heterocycles. The zero-order chi connectivity index (χ0) is 29.0. The highest BCUT2D eigenvalue weighted by atomic mass is 32.2. The molecule has 2 fully saturated rings. The first-order valence-electron chi connectivity index (χ1n) is 13.2. The van der Waals surface area contributed by atoms with Gasteiger partial charge in [0.2, 0.25) is 0 Å². The van der Waals surface area contributed by atoms with Gasteiger partial charge < -0.3 is 14.0 Å². The van der Waals surface area contributed by atoms with E-state index in [1.165, 1.54) is 12.3 Å². The van der Waals surface area contributed by atoms with E-state index in [2.05, 4.69) is 19.7 Å². The molecule has 12 nitrogen and oxygen atoms in total. The maximum Gasteiger partial charge on any atom is 0.457 e. The van der Waals surface area contributed by atoms with Gasteiger partial charge in [-0.25, -0.2) is 4.98 Å². The molecule has 40 heavy (non-hydrogen) atoms. The smallest absolute Gasteiger partial charge is 0.457 e. The number of aromatic nitrogens is 1. The Bertz CT molecular complexity index is 1320. The first-order valence-corrected chi connectivity index (χ1v) is 14.6. The third kappa shape index (κ3) is 6.42. The molecule has 0 spiro atoms. The van der Waals surface area contributed by atoms with Crippen molar-refractivity contribution in [1.29, 1.82) is 0 Å². The number of pyridine rings is 1. The molecule has 214 valence electrons. The third-order valence-electron chi connectivity index (χ3n) is 7.84. The van der Waals surface area contributed by atoms with Crippen LogP contribution in [0.25, 0.3) is 10.4 Å². The van der Waals surface area contributed by atoms with Crippen LogP contribution in [0.3, 0.4) is 0 Å². The summed E-state index contributed by atoms with van der Waals surface area (Å²) in [6, 6.07) is 13.9.